The van der Waals surface area contributed by atoms with E-state index in [1.165, 1.54) is 0 Å². The van der Waals surface area contributed by atoms with Gasteiger partial charge in [0.1, 0.15) is 0 Å². The fourth-order valence-corrected chi connectivity index (χ4v) is 1.79. The van der Waals surface area contributed by atoms with Gasteiger partial charge in [-0.25, -0.2) is 9.48 Å². The highest BCUT2D eigenvalue weighted by molar-refractivity contribution is 5.91. The normalized spacial score (nSPS) is 10.5. The molecule has 17 heavy (non-hydrogen) atoms. The molecule has 0 fully saturated rings. The monoisotopic (exact) mass is 230 g/mol. The largest absolute Gasteiger partial charge is 0.478 e. The second-order valence-electron chi connectivity index (χ2n) is 4.03. The van der Waals surface area contributed by atoms with Crippen molar-refractivity contribution in [2.75, 3.05) is 0 Å². The molecule has 4 heteroatoms. The van der Waals surface area contributed by atoms with Crippen molar-refractivity contribution in [2.45, 2.75) is 20.8 Å². The number of hydrogen-bond donors (Lipinski definition) is 1. The van der Waals surface area contributed by atoms with Crippen LogP contribution in [0.15, 0.2) is 24.3 Å². The summed E-state index contributed by atoms with van der Waals surface area (Å²) in [6.07, 6.45) is 0. The topological polar surface area (TPSA) is 55.1 Å². The van der Waals surface area contributed by atoms with Crippen LogP contribution >= 0.6 is 0 Å². The maximum atomic E-state index is 11.2. The average molecular weight is 230 g/mol. The number of aryl methyl sites for hydroxylation is 1. The maximum absolute atomic E-state index is 11.2. The lowest BCUT2D eigenvalue weighted by atomic mass is 10.1. The van der Waals surface area contributed by atoms with Gasteiger partial charge < -0.3 is 5.11 Å². The number of para-hydroxylation sites is 1. The molecule has 0 atom stereocenters. The van der Waals surface area contributed by atoms with Gasteiger partial charge in [0, 0.05) is 5.69 Å². The summed E-state index contributed by atoms with van der Waals surface area (Å²) in [4.78, 5) is 11.2. The van der Waals surface area contributed by atoms with E-state index in [2.05, 4.69) is 5.10 Å². The third-order valence-electron chi connectivity index (χ3n) is 3.02. The van der Waals surface area contributed by atoms with Crippen molar-refractivity contribution in [3.8, 4) is 5.69 Å². The van der Waals surface area contributed by atoms with Gasteiger partial charge in [-0.05, 0) is 38.5 Å². The van der Waals surface area contributed by atoms with Crippen molar-refractivity contribution < 1.29 is 9.90 Å². The smallest absolute Gasteiger partial charge is 0.337 e. The van der Waals surface area contributed by atoms with Crippen molar-refractivity contribution >= 4 is 5.97 Å². The molecule has 88 valence electrons. The minimum atomic E-state index is -0.939. The van der Waals surface area contributed by atoms with Gasteiger partial charge in [-0.3, -0.25) is 0 Å². The van der Waals surface area contributed by atoms with Gasteiger partial charge in [-0.2, -0.15) is 5.10 Å². The number of nitrogens with zero attached hydrogens (tertiary/aromatic N) is 2. The summed E-state index contributed by atoms with van der Waals surface area (Å²) in [6.45, 7) is 5.84. The fourth-order valence-electron chi connectivity index (χ4n) is 1.79. The lowest BCUT2D eigenvalue weighted by Crippen LogP contribution is -2.07. The van der Waals surface area contributed by atoms with Crippen molar-refractivity contribution in [1.29, 1.82) is 0 Å². The molecular formula is C13H14N2O2. The first-order chi connectivity index (χ1) is 8.02. The number of carboxylic acids is 1. The van der Waals surface area contributed by atoms with E-state index in [1.54, 1.807) is 22.9 Å². The number of carboxylic acid groups (broad SMARTS) is 1. The average Bonchev–Trinajstić information content (AvgIpc) is 2.57. The van der Waals surface area contributed by atoms with E-state index in [4.69, 9.17) is 5.11 Å². The van der Waals surface area contributed by atoms with E-state index in [9.17, 15) is 4.79 Å². The molecule has 2 aromatic rings. The molecule has 0 radical (unpaired) electrons. The van der Waals surface area contributed by atoms with Gasteiger partial charge in [-0.15, -0.1) is 0 Å². The second-order valence-corrected chi connectivity index (χ2v) is 4.03. The van der Waals surface area contributed by atoms with Crippen LogP contribution in [-0.2, 0) is 0 Å². The molecular weight excluding hydrogens is 216 g/mol. The maximum Gasteiger partial charge on any atom is 0.337 e. The minimum absolute atomic E-state index is 0.262. The first kappa shape index (κ1) is 11.4. The Kier molecular flexibility index (Phi) is 2.71. The Morgan fingerprint density at radius 3 is 2.41 bits per heavy atom. The summed E-state index contributed by atoms with van der Waals surface area (Å²) in [5.74, 6) is -0.939. The summed E-state index contributed by atoms with van der Waals surface area (Å²) in [7, 11) is 0. The van der Waals surface area contributed by atoms with Crippen LogP contribution in [0.3, 0.4) is 0 Å². The van der Waals surface area contributed by atoms with Crippen LogP contribution in [0, 0.1) is 20.8 Å². The first-order valence-corrected chi connectivity index (χ1v) is 5.38. The van der Waals surface area contributed by atoms with Crippen LogP contribution < -0.4 is 0 Å². The Labute approximate surface area is 99.5 Å². The van der Waals surface area contributed by atoms with E-state index in [-0.39, 0.29) is 5.56 Å². The van der Waals surface area contributed by atoms with Crippen molar-refractivity contribution in [3.63, 3.8) is 0 Å². The molecule has 1 heterocycles. The summed E-state index contributed by atoms with van der Waals surface area (Å²) in [6, 6.07) is 6.88. The van der Waals surface area contributed by atoms with Crippen LogP contribution in [0.4, 0.5) is 0 Å². The van der Waals surface area contributed by atoms with Crippen molar-refractivity contribution in [2.24, 2.45) is 0 Å². The third kappa shape index (κ3) is 1.82. The van der Waals surface area contributed by atoms with Gasteiger partial charge in [0.05, 0.1) is 16.9 Å². The van der Waals surface area contributed by atoms with Gasteiger partial charge in [0.15, 0.2) is 0 Å². The van der Waals surface area contributed by atoms with Crippen LogP contribution in [0.1, 0.15) is 27.3 Å². The number of aromatic carboxylic acids is 1. The van der Waals surface area contributed by atoms with Crippen molar-refractivity contribution in [1.82, 2.24) is 9.78 Å². The SMILES string of the molecule is Cc1nn(-c2ccccc2C(=O)O)c(C)c1C. The molecule has 0 saturated carbocycles. The molecule has 1 aromatic heterocycles. The summed E-state index contributed by atoms with van der Waals surface area (Å²) in [5.41, 5.74) is 3.84. The predicted octanol–water partition coefficient (Wildman–Crippen LogP) is 2.50. The Morgan fingerprint density at radius 2 is 1.88 bits per heavy atom. The van der Waals surface area contributed by atoms with Gasteiger partial charge >= 0.3 is 5.97 Å². The fraction of sp³-hybridized carbons (Fsp3) is 0.231. The zero-order valence-corrected chi connectivity index (χ0v) is 10.1. The van der Waals surface area contributed by atoms with Gasteiger partial charge in [-0.1, -0.05) is 12.1 Å². The molecule has 0 aliphatic carbocycles. The van der Waals surface area contributed by atoms with Crippen LogP contribution in [0.2, 0.25) is 0 Å². The summed E-state index contributed by atoms with van der Waals surface area (Å²) >= 11 is 0. The Morgan fingerprint density at radius 1 is 1.24 bits per heavy atom. The molecule has 0 saturated heterocycles. The number of rotatable bonds is 2. The summed E-state index contributed by atoms with van der Waals surface area (Å²) < 4.78 is 1.69. The standard InChI is InChI=1S/C13H14N2O2/c1-8-9(2)14-15(10(8)3)12-7-5-4-6-11(12)13(16)17/h4-7H,1-3H3,(H,16,17). The Balaban J connectivity index is 2.68. The third-order valence-corrected chi connectivity index (χ3v) is 3.02. The number of benzene rings is 1. The highest BCUT2D eigenvalue weighted by atomic mass is 16.4. The highest BCUT2D eigenvalue weighted by Crippen LogP contribution is 2.19. The van der Waals surface area contributed by atoms with Crippen LogP contribution in [-0.4, -0.2) is 20.9 Å². The van der Waals surface area contributed by atoms with Crippen LogP contribution in [0.25, 0.3) is 5.69 Å². The van der Waals surface area contributed by atoms with E-state index >= 15 is 0 Å². The predicted molar refractivity (Wildman–Crippen MR) is 64.7 cm³/mol. The lowest BCUT2D eigenvalue weighted by Gasteiger charge is -2.07. The number of aromatic nitrogens is 2. The second kappa shape index (κ2) is 4.05. The molecule has 0 aliphatic heterocycles. The summed E-state index contributed by atoms with van der Waals surface area (Å²) in [5, 5.41) is 13.5. The molecule has 0 unspecified atom stereocenters. The Hall–Kier alpha value is -2.10. The molecule has 0 amide bonds. The van der Waals surface area contributed by atoms with Crippen LogP contribution in [0.5, 0.6) is 0 Å². The lowest BCUT2D eigenvalue weighted by molar-refractivity contribution is 0.0696. The van der Waals surface area contributed by atoms with Gasteiger partial charge in [0.25, 0.3) is 0 Å². The molecule has 0 aliphatic rings. The van der Waals surface area contributed by atoms with Gasteiger partial charge in [0.2, 0.25) is 0 Å². The molecule has 2 rings (SSSR count). The molecule has 0 spiro atoms. The Bertz CT molecular complexity index is 585. The molecule has 1 N–H and O–H groups in total. The van der Waals surface area contributed by atoms with E-state index in [0.717, 1.165) is 17.0 Å². The molecule has 0 bridgehead atoms. The van der Waals surface area contributed by atoms with E-state index < -0.39 is 5.97 Å². The van der Waals surface area contributed by atoms with E-state index in [1.807, 2.05) is 26.8 Å². The minimum Gasteiger partial charge on any atom is -0.478 e. The quantitative estimate of drug-likeness (QED) is 0.862. The zero-order valence-electron chi connectivity index (χ0n) is 10.1. The zero-order chi connectivity index (χ0) is 12.6. The molecule has 4 nitrogen and oxygen atoms in total. The number of hydrogen-bond acceptors (Lipinski definition) is 2. The molecule has 1 aromatic carbocycles. The first-order valence-electron chi connectivity index (χ1n) is 5.38. The highest BCUT2D eigenvalue weighted by Gasteiger charge is 2.15. The van der Waals surface area contributed by atoms with E-state index in [0.29, 0.717) is 5.69 Å². The van der Waals surface area contributed by atoms with Crippen molar-refractivity contribution in [3.05, 3.63) is 46.8 Å². The number of carbonyl (C=O) groups is 1.